The second kappa shape index (κ2) is 13.9. The number of para-hydroxylation sites is 2. The van der Waals surface area contributed by atoms with E-state index in [0.717, 1.165) is 18.3 Å². The summed E-state index contributed by atoms with van der Waals surface area (Å²) in [6.45, 7) is 6.43. The van der Waals surface area contributed by atoms with Crippen LogP contribution in [0.5, 0.6) is 17.2 Å². The van der Waals surface area contributed by atoms with E-state index in [1.165, 1.54) is 0 Å². The van der Waals surface area contributed by atoms with E-state index in [1.54, 1.807) is 19.5 Å². The molecule has 1 aromatic carbocycles. The maximum atomic E-state index is 5.93. The second-order valence-corrected chi connectivity index (χ2v) is 5.76. The molecule has 154 valence electrons. The van der Waals surface area contributed by atoms with Gasteiger partial charge in [0.05, 0.1) is 26.4 Å². The van der Waals surface area contributed by atoms with Crippen molar-refractivity contribution >= 4 is 29.9 Å². The zero-order chi connectivity index (χ0) is 19.3. The predicted octanol–water partition coefficient (Wildman–Crippen LogP) is 3.11. The maximum absolute atomic E-state index is 5.93. The molecule has 2 N–H and O–H groups in total. The van der Waals surface area contributed by atoms with Gasteiger partial charge < -0.3 is 24.8 Å². The predicted molar refractivity (Wildman–Crippen MR) is 122 cm³/mol. The molecule has 28 heavy (non-hydrogen) atoms. The van der Waals surface area contributed by atoms with Gasteiger partial charge in [0.2, 0.25) is 0 Å². The summed E-state index contributed by atoms with van der Waals surface area (Å²) in [5, 5.41) is 6.46. The number of methoxy groups -OCH3 is 1. The van der Waals surface area contributed by atoms with Gasteiger partial charge in [-0.1, -0.05) is 12.1 Å². The number of aromatic nitrogens is 1. The van der Waals surface area contributed by atoms with Crippen molar-refractivity contribution in [3.05, 3.63) is 48.8 Å². The van der Waals surface area contributed by atoms with Gasteiger partial charge in [-0.2, -0.15) is 0 Å². The van der Waals surface area contributed by atoms with Gasteiger partial charge in [0.25, 0.3) is 0 Å². The molecule has 0 bridgehead atoms. The van der Waals surface area contributed by atoms with Crippen LogP contribution in [0.1, 0.15) is 13.8 Å². The Balaban J connectivity index is 0.00000392. The summed E-state index contributed by atoms with van der Waals surface area (Å²) in [6.07, 6.45) is 3.31. The Kier molecular flexibility index (Phi) is 11.8. The van der Waals surface area contributed by atoms with Gasteiger partial charge in [0.1, 0.15) is 18.5 Å². The van der Waals surface area contributed by atoms with Crippen LogP contribution >= 0.6 is 24.0 Å². The van der Waals surface area contributed by atoms with E-state index in [4.69, 9.17) is 14.2 Å². The van der Waals surface area contributed by atoms with Crippen molar-refractivity contribution in [1.82, 2.24) is 15.6 Å². The van der Waals surface area contributed by atoms with E-state index < -0.39 is 0 Å². The first kappa shape index (κ1) is 23.8. The van der Waals surface area contributed by atoms with Crippen LogP contribution in [-0.4, -0.2) is 50.4 Å². The van der Waals surface area contributed by atoms with Gasteiger partial charge in [-0.05, 0) is 38.1 Å². The van der Waals surface area contributed by atoms with Gasteiger partial charge in [0.15, 0.2) is 17.5 Å². The van der Waals surface area contributed by atoms with E-state index in [-0.39, 0.29) is 30.1 Å². The minimum Gasteiger partial charge on any atom is -0.493 e. The molecule has 1 aromatic heterocycles. The summed E-state index contributed by atoms with van der Waals surface area (Å²) in [6, 6.07) is 11.3. The summed E-state index contributed by atoms with van der Waals surface area (Å²) in [7, 11) is 1.63. The van der Waals surface area contributed by atoms with Crippen molar-refractivity contribution in [1.29, 1.82) is 0 Å². The Hall–Kier alpha value is -2.23. The van der Waals surface area contributed by atoms with Gasteiger partial charge in [0, 0.05) is 12.7 Å². The average molecular weight is 500 g/mol. The molecule has 2 rings (SSSR count). The van der Waals surface area contributed by atoms with Crippen LogP contribution in [0.4, 0.5) is 0 Å². The first-order chi connectivity index (χ1) is 13.2. The van der Waals surface area contributed by atoms with Crippen LogP contribution < -0.4 is 24.8 Å². The van der Waals surface area contributed by atoms with Crippen molar-refractivity contribution in [2.75, 3.05) is 33.4 Å². The van der Waals surface area contributed by atoms with Crippen LogP contribution in [0, 0.1) is 0 Å². The fourth-order valence-electron chi connectivity index (χ4n) is 2.30. The third-order valence-electron chi connectivity index (χ3n) is 3.55. The summed E-state index contributed by atoms with van der Waals surface area (Å²) in [5.74, 6) is 2.90. The summed E-state index contributed by atoms with van der Waals surface area (Å²) >= 11 is 0. The number of nitrogens with zero attached hydrogens (tertiary/aromatic N) is 2. The Morgan fingerprint density at radius 2 is 1.93 bits per heavy atom. The highest BCUT2D eigenvalue weighted by atomic mass is 127. The fraction of sp³-hybridized carbons (Fsp3) is 0.400. The highest BCUT2D eigenvalue weighted by Crippen LogP contribution is 2.26. The molecule has 0 radical (unpaired) electrons. The van der Waals surface area contributed by atoms with Gasteiger partial charge >= 0.3 is 0 Å². The van der Waals surface area contributed by atoms with E-state index >= 15 is 0 Å². The lowest BCUT2D eigenvalue weighted by Gasteiger charge is -2.16. The number of benzene rings is 1. The molecule has 2 aromatic rings. The van der Waals surface area contributed by atoms with E-state index in [0.29, 0.717) is 31.2 Å². The van der Waals surface area contributed by atoms with Crippen molar-refractivity contribution in [2.24, 2.45) is 4.99 Å². The topological polar surface area (TPSA) is 77.0 Å². The molecule has 1 heterocycles. The lowest BCUT2D eigenvalue weighted by Crippen LogP contribution is -2.40. The van der Waals surface area contributed by atoms with Gasteiger partial charge in [-0.25, -0.2) is 4.99 Å². The number of halogens is 1. The SMILES string of the molecule is CCNC(=NCC(C)Oc1ccccc1OC)NCCOc1cccnc1.I. The number of pyridine rings is 1. The molecule has 0 saturated heterocycles. The van der Waals surface area contributed by atoms with Gasteiger partial charge in [-0.3, -0.25) is 4.98 Å². The Labute approximate surface area is 183 Å². The molecule has 1 atom stereocenters. The number of hydrogen-bond acceptors (Lipinski definition) is 5. The van der Waals surface area contributed by atoms with Crippen molar-refractivity contribution in [3.63, 3.8) is 0 Å². The van der Waals surface area contributed by atoms with Crippen LogP contribution in [0.15, 0.2) is 53.8 Å². The smallest absolute Gasteiger partial charge is 0.191 e. The molecular weight excluding hydrogens is 471 g/mol. The Morgan fingerprint density at radius 1 is 1.14 bits per heavy atom. The summed E-state index contributed by atoms with van der Waals surface area (Å²) in [5.41, 5.74) is 0. The largest absolute Gasteiger partial charge is 0.493 e. The zero-order valence-corrected chi connectivity index (χ0v) is 18.9. The van der Waals surface area contributed by atoms with E-state index in [9.17, 15) is 0 Å². The molecule has 0 amide bonds. The molecular formula is C20H29IN4O3. The summed E-state index contributed by atoms with van der Waals surface area (Å²) < 4.78 is 16.9. The van der Waals surface area contributed by atoms with Crippen LogP contribution in [0.2, 0.25) is 0 Å². The third-order valence-corrected chi connectivity index (χ3v) is 3.55. The third kappa shape index (κ3) is 8.64. The molecule has 0 aliphatic carbocycles. The standard InChI is InChI=1S/C20H28N4O3.HI/c1-4-22-20(23-12-13-26-17-8-7-11-21-15-17)24-14-16(2)27-19-10-6-5-9-18(19)25-3;/h5-11,15-16H,4,12-14H2,1-3H3,(H2,22,23,24);1H. The lowest BCUT2D eigenvalue weighted by atomic mass is 10.3. The molecule has 0 spiro atoms. The quantitative estimate of drug-likeness (QED) is 0.226. The maximum Gasteiger partial charge on any atom is 0.191 e. The number of aliphatic imine (C=N–C) groups is 1. The number of hydrogen-bond donors (Lipinski definition) is 2. The Bertz CT molecular complexity index is 701. The van der Waals surface area contributed by atoms with Crippen LogP contribution in [0.25, 0.3) is 0 Å². The Morgan fingerprint density at radius 3 is 2.61 bits per heavy atom. The molecule has 0 aliphatic rings. The first-order valence-corrected chi connectivity index (χ1v) is 9.07. The molecule has 8 heteroatoms. The lowest BCUT2D eigenvalue weighted by molar-refractivity contribution is 0.219. The monoisotopic (exact) mass is 500 g/mol. The van der Waals surface area contributed by atoms with E-state index in [1.807, 2.05) is 50.2 Å². The van der Waals surface area contributed by atoms with Crippen molar-refractivity contribution in [3.8, 4) is 17.2 Å². The van der Waals surface area contributed by atoms with Crippen molar-refractivity contribution < 1.29 is 14.2 Å². The average Bonchev–Trinajstić information content (AvgIpc) is 2.70. The molecule has 0 aliphatic heterocycles. The van der Waals surface area contributed by atoms with Crippen LogP contribution in [-0.2, 0) is 0 Å². The number of rotatable bonds is 10. The van der Waals surface area contributed by atoms with Gasteiger partial charge in [-0.15, -0.1) is 24.0 Å². The number of ether oxygens (including phenoxy) is 3. The van der Waals surface area contributed by atoms with Crippen LogP contribution in [0.3, 0.4) is 0 Å². The van der Waals surface area contributed by atoms with E-state index in [2.05, 4.69) is 20.6 Å². The zero-order valence-electron chi connectivity index (χ0n) is 16.6. The highest BCUT2D eigenvalue weighted by Gasteiger charge is 2.08. The molecule has 7 nitrogen and oxygen atoms in total. The number of guanidine groups is 1. The minimum atomic E-state index is -0.0941. The first-order valence-electron chi connectivity index (χ1n) is 9.07. The minimum absolute atomic E-state index is 0. The fourth-order valence-corrected chi connectivity index (χ4v) is 2.30. The molecule has 0 saturated carbocycles. The molecule has 0 fully saturated rings. The second-order valence-electron chi connectivity index (χ2n) is 5.76. The highest BCUT2D eigenvalue weighted by molar-refractivity contribution is 14.0. The normalized spacial score (nSPS) is 11.8. The molecule has 1 unspecified atom stereocenters. The van der Waals surface area contributed by atoms with Crippen molar-refractivity contribution in [2.45, 2.75) is 20.0 Å². The number of nitrogens with one attached hydrogen (secondary N) is 2. The summed E-state index contributed by atoms with van der Waals surface area (Å²) in [4.78, 5) is 8.59.